The molecular weight excluding hydrogens is 609 g/mol. The lowest BCUT2D eigenvalue weighted by atomic mass is 9.97. The number of carbonyl (C=O) groups is 2. The second kappa shape index (κ2) is 14.4. The van der Waals surface area contributed by atoms with Crippen LogP contribution in [0.5, 0.6) is 0 Å². The SMILES string of the molecule is CCCN(CCOC)Cc1sc(NC(=O)c2cnc(N3CCC(C(=O)O)CC3)cn2)nc1-c1ccc(Cl)c(C(F)(F)F)c1. The number of carboxylic acids is 1. The van der Waals surface area contributed by atoms with Crippen LogP contribution in [0.4, 0.5) is 24.1 Å². The Morgan fingerprint density at radius 3 is 2.56 bits per heavy atom. The third-order valence-electron chi connectivity index (χ3n) is 7.02. The number of aromatic nitrogens is 3. The van der Waals surface area contributed by atoms with Gasteiger partial charge in [-0.3, -0.25) is 19.8 Å². The number of piperidine rings is 1. The van der Waals surface area contributed by atoms with Crippen LogP contribution in [0.25, 0.3) is 11.3 Å². The molecule has 43 heavy (non-hydrogen) atoms. The van der Waals surface area contributed by atoms with Crippen molar-refractivity contribution in [3.8, 4) is 11.3 Å². The van der Waals surface area contributed by atoms with Crippen molar-refractivity contribution in [2.24, 2.45) is 5.92 Å². The zero-order valence-electron chi connectivity index (χ0n) is 23.7. The topological polar surface area (TPSA) is 121 Å². The van der Waals surface area contributed by atoms with Gasteiger partial charge in [0.25, 0.3) is 5.91 Å². The van der Waals surface area contributed by atoms with E-state index in [1.807, 2.05) is 11.8 Å². The Bertz CT molecular complexity index is 1410. The third-order valence-corrected chi connectivity index (χ3v) is 8.31. The molecule has 0 bridgehead atoms. The van der Waals surface area contributed by atoms with Gasteiger partial charge in [-0.1, -0.05) is 35.9 Å². The van der Waals surface area contributed by atoms with E-state index in [4.69, 9.17) is 16.3 Å². The summed E-state index contributed by atoms with van der Waals surface area (Å²) in [6, 6.07) is 3.64. The van der Waals surface area contributed by atoms with Gasteiger partial charge in [0.15, 0.2) is 5.13 Å². The molecule has 0 unspecified atom stereocenters. The standard InChI is InChI=1S/C28H32ClF3N6O4S/c1-3-8-37(11-12-42-2)16-22-24(18-4-5-20(29)19(13-18)28(30,31)32)35-27(43-22)36-25(39)21-14-34-23(15-33-21)38-9-6-17(7-10-38)26(40)41/h4-5,13-15,17H,3,6-12,16H2,1-2H3,(H,40,41)(H,35,36,39). The highest BCUT2D eigenvalue weighted by molar-refractivity contribution is 7.16. The molecule has 0 aliphatic carbocycles. The third kappa shape index (κ3) is 8.40. The smallest absolute Gasteiger partial charge is 0.417 e. The van der Waals surface area contributed by atoms with E-state index in [2.05, 4.69) is 25.2 Å². The molecule has 0 spiro atoms. The van der Waals surface area contributed by atoms with E-state index in [0.29, 0.717) is 62.0 Å². The molecule has 4 rings (SSSR count). The van der Waals surface area contributed by atoms with Gasteiger partial charge in [-0.15, -0.1) is 0 Å². The molecule has 1 aliphatic rings. The van der Waals surface area contributed by atoms with Crippen LogP contribution in [0, 0.1) is 5.92 Å². The number of aliphatic carboxylic acids is 1. The number of benzene rings is 1. The molecule has 0 atom stereocenters. The fraction of sp³-hybridized carbons (Fsp3) is 0.464. The lowest BCUT2D eigenvalue weighted by Gasteiger charge is -2.30. The lowest BCUT2D eigenvalue weighted by Crippen LogP contribution is -2.36. The number of methoxy groups -OCH3 is 1. The number of rotatable bonds is 12. The fourth-order valence-corrected chi connectivity index (χ4v) is 6.00. The van der Waals surface area contributed by atoms with Gasteiger partial charge >= 0.3 is 12.1 Å². The number of carboxylic acid groups (broad SMARTS) is 1. The Morgan fingerprint density at radius 2 is 1.95 bits per heavy atom. The number of alkyl halides is 3. The molecule has 232 valence electrons. The number of amides is 1. The van der Waals surface area contributed by atoms with Crippen LogP contribution in [-0.2, 0) is 22.3 Å². The molecule has 3 aromatic rings. The van der Waals surface area contributed by atoms with Crippen molar-refractivity contribution < 1.29 is 32.6 Å². The molecule has 10 nitrogen and oxygen atoms in total. The highest BCUT2D eigenvalue weighted by Crippen LogP contribution is 2.39. The second-order valence-electron chi connectivity index (χ2n) is 10.1. The molecule has 1 aliphatic heterocycles. The van der Waals surface area contributed by atoms with E-state index in [1.54, 1.807) is 7.11 Å². The van der Waals surface area contributed by atoms with Crippen molar-refractivity contribution in [1.82, 2.24) is 19.9 Å². The highest BCUT2D eigenvalue weighted by atomic mass is 35.5. The van der Waals surface area contributed by atoms with Crippen molar-refractivity contribution in [2.45, 2.75) is 38.9 Å². The van der Waals surface area contributed by atoms with Gasteiger partial charge in [0.05, 0.1) is 41.2 Å². The maximum absolute atomic E-state index is 13.6. The van der Waals surface area contributed by atoms with E-state index < -0.39 is 28.6 Å². The van der Waals surface area contributed by atoms with Gasteiger partial charge < -0.3 is 14.7 Å². The molecule has 0 saturated carbocycles. The van der Waals surface area contributed by atoms with Crippen LogP contribution in [0.3, 0.4) is 0 Å². The van der Waals surface area contributed by atoms with Crippen molar-refractivity contribution >= 4 is 45.8 Å². The molecule has 0 radical (unpaired) electrons. The lowest BCUT2D eigenvalue weighted by molar-refractivity contribution is -0.142. The van der Waals surface area contributed by atoms with E-state index >= 15 is 0 Å². The van der Waals surface area contributed by atoms with Crippen LogP contribution in [-0.4, -0.2) is 76.7 Å². The van der Waals surface area contributed by atoms with Crippen molar-refractivity contribution in [1.29, 1.82) is 0 Å². The largest absolute Gasteiger partial charge is 0.481 e. The first-order valence-electron chi connectivity index (χ1n) is 13.7. The maximum Gasteiger partial charge on any atom is 0.417 e. The average Bonchev–Trinajstić information content (AvgIpc) is 3.37. The van der Waals surface area contributed by atoms with Gasteiger partial charge in [-0.25, -0.2) is 15.0 Å². The number of nitrogens with zero attached hydrogens (tertiary/aromatic N) is 5. The number of halogens is 4. The molecule has 1 saturated heterocycles. The molecular formula is C28H32ClF3N6O4S. The number of anilines is 2. The number of carbonyl (C=O) groups excluding carboxylic acids is 1. The second-order valence-corrected chi connectivity index (χ2v) is 11.6. The summed E-state index contributed by atoms with van der Waals surface area (Å²) in [6.45, 7) is 5.25. The number of thiazole rings is 1. The predicted octanol–water partition coefficient (Wildman–Crippen LogP) is 5.68. The van der Waals surface area contributed by atoms with Gasteiger partial charge in [0.1, 0.15) is 11.5 Å². The van der Waals surface area contributed by atoms with Crippen LogP contribution < -0.4 is 10.2 Å². The zero-order chi connectivity index (χ0) is 31.1. The summed E-state index contributed by atoms with van der Waals surface area (Å²) in [6.07, 6.45) is -0.0251. The molecule has 1 fully saturated rings. The molecule has 1 aromatic carbocycles. The molecule has 15 heteroatoms. The van der Waals surface area contributed by atoms with Crippen molar-refractivity contribution in [2.75, 3.05) is 50.1 Å². The van der Waals surface area contributed by atoms with E-state index in [-0.39, 0.29) is 22.3 Å². The molecule has 3 heterocycles. The van der Waals surface area contributed by atoms with Gasteiger partial charge in [-0.05, 0) is 37.9 Å². The summed E-state index contributed by atoms with van der Waals surface area (Å²) in [5.74, 6) is -1.23. The average molecular weight is 641 g/mol. The van der Waals surface area contributed by atoms with Gasteiger partial charge in [0.2, 0.25) is 0 Å². The minimum atomic E-state index is -4.65. The summed E-state index contributed by atoms with van der Waals surface area (Å²) in [5.41, 5.74) is -0.403. The summed E-state index contributed by atoms with van der Waals surface area (Å²) >= 11 is 7.02. The van der Waals surface area contributed by atoms with E-state index in [0.717, 1.165) is 19.0 Å². The zero-order valence-corrected chi connectivity index (χ0v) is 25.2. The van der Waals surface area contributed by atoms with Gasteiger partial charge in [0, 0.05) is 43.7 Å². The van der Waals surface area contributed by atoms with Gasteiger partial charge in [-0.2, -0.15) is 13.2 Å². The van der Waals surface area contributed by atoms with Crippen LogP contribution >= 0.6 is 22.9 Å². The Kier molecular flexibility index (Phi) is 10.9. The highest BCUT2D eigenvalue weighted by Gasteiger charge is 2.34. The summed E-state index contributed by atoms with van der Waals surface area (Å²) in [4.78, 5) is 42.0. The molecule has 1 amide bonds. The van der Waals surface area contributed by atoms with Crippen LogP contribution in [0.2, 0.25) is 5.02 Å². The summed E-state index contributed by atoms with van der Waals surface area (Å²) < 4.78 is 46.1. The number of hydrogen-bond acceptors (Lipinski definition) is 9. The summed E-state index contributed by atoms with van der Waals surface area (Å²) in [7, 11) is 1.60. The first-order valence-corrected chi connectivity index (χ1v) is 14.9. The number of hydrogen-bond donors (Lipinski definition) is 2. The number of ether oxygens (including phenoxy) is 1. The minimum Gasteiger partial charge on any atom is -0.481 e. The minimum absolute atomic E-state index is 0.0287. The Balaban J connectivity index is 1.56. The maximum atomic E-state index is 13.6. The monoisotopic (exact) mass is 640 g/mol. The first-order chi connectivity index (χ1) is 20.5. The van der Waals surface area contributed by atoms with Crippen molar-refractivity contribution in [3.63, 3.8) is 0 Å². The summed E-state index contributed by atoms with van der Waals surface area (Å²) in [5, 5.41) is 11.7. The number of nitrogens with one attached hydrogen (secondary N) is 1. The normalized spacial score (nSPS) is 14.3. The Labute approximate surface area is 255 Å². The Hall–Kier alpha value is -3.33. The van der Waals surface area contributed by atoms with E-state index in [9.17, 15) is 27.9 Å². The van der Waals surface area contributed by atoms with Crippen LogP contribution in [0.15, 0.2) is 30.6 Å². The van der Waals surface area contributed by atoms with E-state index in [1.165, 1.54) is 35.9 Å². The Morgan fingerprint density at radius 1 is 1.21 bits per heavy atom. The van der Waals surface area contributed by atoms with Crippen molar-refractivity contribution in [3.05, 3.63) is 51.7 Å². The predicted molar refractivity (Wildman–Crippen MR) is 158 cm³/mol. The fourth-order valence-electron chi connectivity index (χ4n) is 4.76. The first kappa shape index (κ1) is 32.6. The quantitative estimate of drug-likeness (QED) is 0.257. The molecule has 2 aromatic heterocycles. The molecule has 2 N–H and O–H groups in total. The van der Waals surface area contributed by atoms with Crippen LogP contribution in [0.1, 0.15) is 47.1 Å².